The molecule has 0 aliphatic rings. The van der Waals surface area contributed by atoms with Gasteiger partial charge in [-0.25, -0.2) is 0 Å². The number of amides is 1. The predicted molar refractivity (Wildman–Crippen MR) is 66.3 cm³/mol. The van der Waals surface area contributed by atoms with Gasteiger partial charge in [0.15, 0.2) is 0 Å². The van der Waals surface area contributed by atoms with Crippen molar-refractivity contribution < 1.29 is 4.79 Å². The maximum Gasteiger partial charge on any atom is 0.250 e. The molecule has 0 saturated heterocycles. The highest BCUT2D eigenvalue weighted by atomic mass is 79.9. The van der Waals surface area contributed by atoms with Crippen LogP contribution < -0.4 is 10.9 Å². The quantitative estimate of drug-likeness (QED) is 0.913. The number of aryl methyl sites for hydroxylation is 1. The number of nitrogens with one attached hydrogen (secondary N) is 1. The number of aromatic nitrogens is 1. The first-order valence-electron chi connectivity index (χ1n) is 5.14. The molecule has 0 bridgehead atoms. The Hall–Kier alpha value is -1.10. The van der Waals surface area contributed by atoms with Gasteiger partial charge in [0.25, 0.3) is 5.56 Å². The zero-order valence-corrected chi connectivity index (χ0v) is 11.0. The number of pyridine rings is 1. The minimum Gasteiger partial charge on any atom is -0.354 e. The fourth-order valence-electron chi connectivity index (χ4n) is 1.29. The lowest BCUT2D eigenvalue weighted by molar-refractivity contribution is -0.121. The zero-order chi connectivity index (χ0) is 12.1. The van der Waals surface area contributed by atoms with Gasteiger partial charge >= 0.3 is 0 Å². The molecule has 1 rings (SSSR count). The first-order chi connectivity index (χ1) is 7.49. The minimum atomic E-state index is -0.0967. The molecule has 1 heterocycles. The van der Waals surface area contributed by atoms with E-state index in [1.807, 2.05) is 13.8 Å². The van der Waals surface area contributed by atoms with Gasteiger partial charge in [-0.3, -0.25) is 9.59 Å². The van der Waals surface area contributed by atoms with E-state index in [2.05, 4.69) is 21.2 Å². The normalized spacial score (nSPS) is 10.5. The summed E-state index contributed by atoms with van der Waals surface area (Å²) in [6.07, 6.45) is 2.00. The van der Waals surface area contributed by atoms with E-state index in [1.54, 1.807) is 12.3 Å². The van der Waals surface area contributed by atoms with E-state index in [9.17, 15) is 9.59 Å². The predicted octanol–water partition coefficient (Wildman–Crippen LogP) is 1.53. The maximum absolute atomic E-state index is 11.4. The fourth-order valence-corrected chi connectivity index (χ4v) is 1.67. The van der Waals surface area contributed by atoms with Crippen molar-refractivity contribution in [3.8, 4) is 0 Å². The molecular formula is C11H15BrN2O2. The molecule has 0 aliphatic heterocycles. The van der Waals surface area contributed by atoms with E-state index in [-0.39, 0.29) is 17.5 Å². The molecule has 0 aromatic carbocycles. The Morgan fingerprint density at radius 3 is 2.81 bits per heavy atom. The van der Waals surface area contributed by atoms with Crippen molar-refractivity contribution in [3.05, 3.63) is 33.2 Å². The Bertz CT molecular complexity index is 426. The molecule has 1 N–H and O–H groups in total. The van der Waals surface area contributed by atoms with Gasteiger partial charge in [0.1, 0.15) is 0 Å². The van der Waals surface area contributed by atoms with E-state index >= 15 is 0 Å². The molecule has 4 nitrogen and oxygen atoms in total. The summed E-state index contributed by atoms with van der Waals surface area (Å²) in [6.45, 7) is 4.21. The number of halogens is 1. The fraction of sp³-hybridized carbons (Fsp3) is 0.455. The molecule has 0 aliphatic carbocycles. The van der Waals surface area contributed by atoms with Crippen molar-refractivity contribution in [1.29, 1.82) is 0 Å². The molecule has 0 saturated carbocycles. The summed E-state index contributed by atoms with van der Waals surface area (Å²) in [5.74, 6) is -0.0399. The molecule has 0 unspecified atom stereocenters. The summed E-state index contributed by atoms with van der Waals surface area (Å²) in [5, 5.41) is 2.78. The van der Waals surface area contributed by atoms with Gasteiger partial charge in [0.05, 0.1) is 0 Å². The van der Waals surface area contributed by atoms with Crippen LogP contribution >= 0.6 is 15.9 Å². The largest absolute Gasteiger partial charge is 0.354 e. The molecule has 0 atom stereocenters. The maximum atomic E-state index is 11.4. The lowest BCUT2D eigenvalue weighted by Crippen LogP contribution is -2.31. The molecule has 0 fully saturated rings. The van der Waals surface area contributed by atoms with Crippen LogP contribution in [0, 0.1) is 0 Å². The van der Waals surface area contributed by atoms with Gasteiger partial charge in [0.2, 0.25) is 5.91 Å². The van der Waals surface area contributed by atoms with E-state index in [0.29, 0.717) is 13.0 Å². The van der Waals surface area contributed by atoms with Crippen LogP contribution in [0.25, 0.3) is 0 Å². The van der Waals surface area contributed by atoms with Crippen LogP contribution in [0.15, 0.2) is 27.6 Å². The summed E-state index contributed by atoms with van der Waals surface area (Å²) in [5.41, 5.74) is -0.0967. The van der Waals surface area contributed by atoms with E-state index in [0.717, 1.165) is 4.47 Å². The van der Waals surface area contributed by atoms with Gasteiger partial charge in [-0.05, 0) is 35.8 Å². The Kier molecular flexibility index (Phi) is 4.73. The van der Waals surface area contributed by atoms with Crippen LogP contribution in [0.2, 0.25) is 0 Å². The second-order valence-corrected chi connectivity index (χ2v) is 4.77. The second-order valence-electron chi connectivity index (χ2n) is 3.85. The van der Waals surface area contributed by atoms with Crippen molar-refractivity contribution in [2.45, 2.75) is 32.9 Å². The number of nitrogens with zero attached hydrogens (tertiary/aromatic N) is 1. The van der Waals surface area contributed by atoms with Crippen LogP contribution in [0.5, 0.6) is 0 Å². The lowest BCUT2D eigenvalue weighted by Gasteiger charge is -2.09. The standard InChI is InChI=1S/C11H15BrN2O2/c1-8(2)13-10(15)5-6-14-7-9(12)3-4-11(14)16/h3-4,7-8H,5-6H2,1-2H3,(H,13,15). The first-order valence-corrected chi connectivity index (χ1v) is 5.93. The molecule has 88 valence electrons. The molecule has 0 radical (unpaired) electrons. The summed E-state index contributed by atoms with van der Waals surface area (Å²) in [7, 11) is 0. The molecular weight excluding hydrogens is 272 g/mol. The van der Waals surface area contributed by atoms with Crippen molar-refractivity contribution in [2.24, 2.45) is 0 Å². The van der Waals surface area contributed by atoms with E-state index in [4.69, 9.17) is 0 Å². The number of hydrogen-bond donors (Lipinski definition) is 1. The average molecular weight is 287 g/mol. The van der Waals surface area contributed by atoms with Crippen molar-refractivity contribution in [3.63, 3.8) is 0 Å². The molecule has 1 aromatic heterocycles. The van der Waals surface area contributed by atoms with Crippen molar-refractivity contribution >= 4 is 21.8 Å². The highest BCUT2D eigenvalue weighted by Crippen LogP contribution is 2.05. The Balaban J connectivity index is 2.58. The molecule has 0 spiro atoms. The summed E-state index contributed by atoms with van der Waals surface area (Å²) in [4.78, 5) is 22.8. The second kappa shape index (κ2) is 5.84. The average Bonchev–Trinajstić information content (AvgIpc) is 2.18. The van der Waals surface area contributed by atoms with Gasteiger partial charge in [0, 0.05) is 35.7 Å². The Labute approximate surface area is 103 Å². The van der Waals surface area contributed by atoms with Gasteiger partial charge in [-0.2, -0.15) is 0 Å². The molecule has 5 heteroatoms. The molecule has 1 aromatic rings. The number of hydrogen-bond acceptors (Lipinski definition) is 2. The Morgan fingerprint density at radius 2 is 2.19 bits per heavy atom. The highest BCUT2D eigenvalue weighted by molar-refractivity contribution is 9.10. The first kappa shape index (κ1) is 13.0. The third kappa shape index (κ3) is 4.18. The summed E-state index contributed by atoms with van der Waals surface area (Å²) in [6, 6.07) is 3.30. The smallest absolute Gasteiger partial charge is 0.250 e. The number of carbonyl (C=O) groups excluding carboxylic acids is 1. The van der Waals surface area contributed by atoms with Crippen LogP contribution in [0.4, 0.5) is 0 Å². The molecule has 1 amide bonds. The van der Waals surface area contributed by atoms with Crippen LogP contribution in [-0.2, 0) is 11.3 Å². The van der Waals surface area contributed by atoms with Crippen LogP contribution in [0.1, 0.15) is 20.3 Å². The van der Waals surface area contributed by atoms with Crippen molar-refractivity contribution in [1.82, 2.24) is 9.88 Å². The van der Waals surface area contributed by atoms with Crippen LogP contribution in [0.3, 0.4) is 0 Å². The minimum absolute atomic E-state index is 0.0399. The third-order valence-corrected chi connectivity index (χ3v) is 2.45. The van der Waals surface area contributed by atoms with Crippen molar-refractivity contribution in [2.75, 3.05) is 0 Å². The van der Waals surface area contributed by atoms with E-state index < -0.39 is 0 Å². The van der Waals surface area contributed by atoms with E-state index in [1.165, 1.54) is 10.6 Å². The van der Waals surface area contributed by atoms with Gasteiger partial charge in [-0.15, -0.1) is 0 Å². The summed E-state index contributed by atoms with van der Waals surface area (Å²) < 4.78 is 2.35. The molecule has 16 heavy (non-hydrogen) atoms. The zero-order valence-electron chi connectivity index (χ0n) is 9.37. The summed E-state index contributed by atoms with van der Waals surface area (Å²) >= 11 is 3.28. The van der Waals surface area contributed by atoms with Gasteiger partial charge in [-0.1, -0.05) is 0 Å². The van der Waals surface area contributed by atoms with Crippen LogP contribution in [-0.4, -0.2) is 16.5 Å². The monoisotopic (exact) mass is 286 g/mol. The third-order valence-electron chi connectivity index (χ3n) is 1.98. The highest BCUT2D eigenvalue weighted by Gasteiger charge is 2.04. The van der Waals surface area contributed by atoms with Gasteiger partial charge < -0.3 is 9.88 Å². The number of carbonyl (C=O) groups is 1. The number of rotatable bonds is 4. The Morgan fingerprint density at radius 1 is 1.50 bits per heavy atom. The topological polar surface area (TPSA) is 51.1 Å². The SMILES string of the molecule is CC(C)NC(=O)CCn1cc(Br)ccc1=O. The lowest BCUT2D eigenvalue weighted by atomic mass is 10.3.